The largest absolute Gasteiger partial charge is 0.497 e. The van der Waals surface area contributed by atoms with Gasteiger partial charge in [0, 0.05) is 28.2 Å². The van der Waals surface area contributed by atoms with Crippen LogP contribution in [0.25, 0.3) is 10.4 Å². The lowest BCUT2D eigenvalue weighted by molar-refractivity contribution is 0.0992. The monoisotopic (exact) mass is 379 g/mol. The van der Waals surface area contributed by atoms with Crippen LogP contribution in [0.1, 0.15) is 27.7 Å². The molecule has 1 aromatic heterocycles. The van der Waals surface area contributed by atoms with Crippen molar-refractivity contribution in [2.75, 3.05) is 18.6 Å². The second-order valence-electron chi connectivity index (χ2n) is 6.45. The number of rotatable bonds is 4. The molecule has 0 N–H and O–H groups in total. The summed E-state index contributed by atoms with van der Waals surface area (Å²) in [6, 6.07) is 15.6. The zero-order valence-corrected chi connectivity index (χ0v) is 16.4. The number of fused-ring (bicyclic) bond motifs is 3. The third-order valence-electron chi connectivity index (χ3n) is 4.81. The number of benzene rings is 2. The normalized spacial score (nSPS) is 12.0. The van der Waals surface area contributed by atoms with Gasteiger partial charge in [-0.1, -0.05) is 12.1 Å². The van der Waals surface area contributed by atoms with Crippen molar-refractivity contribution in [2.24, 2.45) is 0 Å². The zero-order chi connectivity index (χ0) is 19.0. The number of anilines is 1. The van der Waals surface area contributed by atoms with Crippen LogP contribution in [-0.2, 0) is 6.61 Å². The maximum absolute atomic E-state index is 13.2. The van der Waals surface area contributed by atoms with Crippen LogP contribution in [0.5, 0.6) is 11.5 Å². The molecule has 4 nitrogen and oxygen atoms in total. The first-order valence-corrected chi connectivity index (χ1v) is 9.75. The number of thiophene rings is 1. The summed E-state index contributed by atoms with van der Waals surface area (Å²) in [5.41, 5.74) is 4.21. The van der Waals surface area contributed by atoms with E-state index in [1.54, 1.807) is 23.3 Å². The van der Waals surface area contributed by atoms with Crippen molar-refractivity contribution in [2.45, 2.75) is 20.5 Å². The van der Waals surface area contributed by atoms with Gasteiger partial charge >= 0.3 is 0 Å². The Labute approximate surface area is 163 Å². The SMILES string of the molecule is CCN(C(=O)c1cc2c(s1)-c1c(C)cccc1OC2)c1ccc(OC)cc1. The standard InChI is InChI=1S/C22H21NO3S/c1-4-23(16-8-10-17(25-3)11-9-16)22(24)19-12-15-13-26-18-7-5-6-14(2)20(18)21(15)27-19/h5-12H,4,13H2,1-3H3. The van der Waals surface area contributed by atoms with Crippen molar-refractivity contribution in [1.29, 1.82) is 0 Å². The summed E-state index contributed by atoms with van der Waals surface area (Å²) < 4.78 is 11.1. The minimum Gasteiger partial charge on any atom is -0.497 e. The van der Waals surface area contributed by atoms with Gasteiger partial charge in [-0.3, -0.25) is 4.79 Å². The number of aryl methyl sites for hydroxylation is 1. The molecule has 0 unspecified atom stereocenters. The highest BCUT2D eigenvalue weighted by Crippen LogP contribution is 2.44. The molecular weight excluding hydrogens is 358 g/mol. The summed E-state index contributed by atoms with van der Waals surface area (Å²) in [4.78, 5) is 16.9. The molecule has 1 amide bonds. The molecule has 2 aromatic carbocycles. The lowest BCUT2D eigenvalue weighted by Gasteiger charge is -2.20. The fraction of sp³-hybridized carbons (Fsp3) is 0.227. The topological polar surface area (TPSA) is 38.8 Å². The molecule has 0 atom stereocenters. The molecule has 0 aliphatic carbocycles. The van der Waals surface area contributed by atoms with E-state index >= 15 is 0 Å². The summed E-state index contributed by atoms with van der Waals surface area (Å²) in [6.07, 6.45) is 0. The van der Waals surface area contributed by atoms with Gasteiger partial charge in [0.15, 0.2) is 0 Å². The Morgan fingerprint density at radius 1 is 1.22 bits per heavy atom. The van der Waals surface area contributed by atoms with Gasteiger partial charge in [0.05, 0.1) is 12.0 Å². The van der Waals surface area contributed by atoms with Crippen molar-refractivity contribution in [3.05, 3.63) is 64.5 Å². The molecule has 1 aliphatic rings. The minimum absolute atomic E-state index is 0.0113. The Morgan fingerprint density at radius 3 is 2.70 bits per heavy atom. The van der Waals surface area contributed by atoms with Gasteiger partial charge in [-0.25, -0.2) is 0 Å². The van der Waals surface area contributed by atoms with Gasteiger partial charge in [0.25, 0.3) is 5.91 Å². The van der Waals surface area contributed by atoms with E-state index in [1.807, 2.05) is 49.4 Å². The van der Waals surface area contributed by atoms with Crippen molar-refractivity contribution < 1.29 is 14.3 Å². The molecule has 0 saturated carbocycles. The molecule has 138 valence electrons. The summed E-state index contributed by atoms with van der Waals surface area (Å²) in [5, 5.41) is 0. The number of carbonyl (C=O) groups is 1. The predicted molar refractivity (Wildman–Crippen MR) is 109 cm³/mol. The molecule has 0 saturated heterocycles. The van der Waals surface area contributed by atoms with Crippen LogP contribution in [0, 0.1) is 6.92 Å². The summed E-state index contributed by atoms with van der Waals surface area (Å²) in [6.45, 7) is 5.16. The summed E-state index contributed by atoms with van der Waals surface area (Å²) in [5.74, 6) is 1.68. The number of methoxy groups -OCH3 is 1. The maximum atomic E-state index is 13.2. The quantitative estimate of drug-likeness (QED) is 0.618. The lowest BCUT2D eigenvalue weighted by Crippen LogP contribution is -2.29. The van der Waals surface area contributed by atoms with Crippen LogP contribution in [0.3, 0.4) is 0 Å². The van der Waals surface area contributed by atoms with Gasteiger partial charge in [0.2, 0.25) is 0 Å². The molecule has 3 aromatic rings. The average molecular weight is 379 g/mol. The van der Waals surface area contributed by atoms with Crippen LogP contribution in [0.15, 0.2) is 48.5 Å². The highest BCUT2D eigenvalue weighted by Gasteiger charge is 2.26. The van der Waals surface area contributed by atoms with Crippen molar-refractivity contribution in [1.82, 2.24) is 0 Å². The van der Waals surface area contributed by atoms with E-state index in [4.69, 9.17) is 9.47 Å². The number of nitrogens with zero attached hydrogens (tertiary/aromatic N) is 1. The molecule has 4 rings (SSSR count). The molecule has 0 spiro atoms. The Kier molecular flexibility index (Phi) is 4.62. The van der Waals surface area contributed by atoms with Crippen molar-refractivity contribution >= 4 is 22.9 Å². The van der Waals surface area contributed by atoms with Crippen LogP contribution in [0.4, 0.5) is 5.69 Å². The molecule has 0 bridgehead atoms. The first kappa shape index (κ1) is 17.6. The maximum Gasteiger partial charge on any atom is 0.268 e. The minimum atomic E-state index is 0.0113. The Morgan fingerprint density at radius 2 is 2.00 bits per heavy atom. The molecule has 0 fully saturated rings. The third kappa shape index (κ3) is 3.08. The van der Waals surface area contributed by atoms with Crippen molar-refractivity contribution in [3.63, 3.8) is 0 Å². The van der Waals surface area contributed by atoms with E-state index in [2.05, 4.69) is 13.0 Å². The Bertz CT molecular complexity index is 991. The number of carbonyl (C=O) groups excluding carboxylic acids is 1. The number of ether oxygens (including phenoxy) is 2. The fourth-order valence-electron chi connectivity index (χ4n) is 3.40. The van der Waals surface area contributed by atoms with Crippen LogP contribution in [-0.4, -0.2) is 19.6 Å². The Hall–Kier alpha value is -2.79. The zero-order valence-electron chi connectivity index (χ0n) is 15.6. The van der Waals surface area contributed by atoms with Gasteiger partial charge in [0.1, 0.15) is 18.1 Å². The molecule has 0 radical (unpaired) electrons. The molecule has 2 heterocycles. The average Bonchev–Trinajstić information content (AvgIpc) is 3.13. The van der Waals surface area contributed by atoms with E-state index in [0.29, 0.717) is 13.2 Å². The number of hydrogen-bond donors (Lipinski definition) is 0. The van der Waals surface area contributed by atoms with E-state index in [1.165, 1.54) is 0 Å². The van der Waals surface area contributed by atoms with Crippen LogP contribution >= 0.6 is 11.3 Å². The second-order valence-corrected chi connectivity index (χ2v) is 7.50. The van der Waals surface area contributed by atoms with Gasteiger partial charge in [-0.05, 0) is 55.8 Å². The Balaban J connectivity index is 1.70. The smallest absolute Gasteiger partial charge is 0.268 e. The lowest BCUT2D eigenvalue weighted by atomic mass is 10.0. The molecule has 5 heteroatoms. The molecule has 27 heavy (non-hydrogen) atoms. The summed E-state index contributed by atoms with van der Waals surface area (Å²) in [7, 11) is 1.63. The van der Waals surface area contributed by atoms with Crippen molar-refractivity contribution in [3.8, 4) is 21.9 Å². The fourth-order valence-corrected chi connectivity index (χ4v) is 4.63. The van der Waals surface area contributed by atoms with E-state index in [0.717, 1.165) is 43.6 Å². The van der Waals surface area contributed by atoms with Crippen LogP contribution in [0.2, 0.25) is 0 Å². The molecular formula is C22H21NO3S. The first-order chi connectivity index (χ1) is 13.1. The van der Waals surface area contributed by atoms with E-state index in [-0.39, 0.29) is 5.91 Å². The third-order valence-corrected chi connectivity index (χ3v) is 5.99. The summed E-state index contributed by atoms with van der Waals surface area (Å²) >= 11 is 1.55. The first-order valence-electron chi connectivity index (χ1n) is 8.93. The number of hydrogen-bond acceptors (Lipinski definition) is 4. The van der Waals surface area contributed by atoms with Gasteiger partial charge < -0.3 is 14.4 Å². The number of amides is 1. The predicted octanol–water partition coefficient (Wildman–Crippen LogP) is 5.29. The van der Waals surface area contributed by atoms with Gasteiger partial charge in [-0.15, -0.1) is 11.3 Å². The highest BCUT2D eigenvalue weighted by atomic mass is 32.1. The van der Waals surface area contributed by atoms with E-state index in [9.17, 15) is 4.79 Å². The van der Waals surface area contributed by atoms with Crippen LogP contribution < -0.4 is 14.4 Å². The molecule has 1 aliphatic heterocycles. The highest BCUT2D eigenvalue weighted by molar-refractivity contribution is 7.17. The second kappa shape index (κ2) is 7.08. The van der Waals surface area contributed by atoms with E-state index < -0.39 is 0 Å². The van der Waals surface area contributed by atoms with Gasteiger partial charge in [-0.2, -0.15) is 0 Å².